The maximum Gasteiger partial charge on any atom is 0.247 e. The summed E-state index contributed by atoms with van der Waals surface area (Å²) in [6, 6.07) is 4.88. The molecule has 1 unspecified atom stereocenters. The second kappa shape index (κ2) is 12.2. The highest BCUT2D eigenvalue weighted by Gasteiger charge is 2.26. The van der Waals surface area contributed by atoms with Crippen molar-refractivity contribution in [1.29, 1.82) is 0 Å². The van der Waals surface area contributed by atoms with Gasteiger partial charge in [-0.05, 0) is 24.6 Å². The highest BCUT2D eigenvalue weighted by atomic mass is 35.5. The lowest BCUT2D eigenvalue weighted by Crippen LogP contribution is -2.21. The molecule has 4 aromatic rings. The Labute approximate surface area is 251 Å². The number of nitrogens with zero attached hydrogens (tertiary/aromatic N) is 4. The number of rotatable bonds is 10. The molecular formula is C28H27Cl2N7O5. The van der Waals surface area contributed by atoms with Gasteiger partial charge in [0.2, 0.25) is 11.7 Å². The van der Waals surface area contributed by atoms with E-state index in [2.05, 4.69) is 32.6 Å². The van der Waals surface area contributed by atoms with Crippen LogP contribution in [0.5, 0.6) is 11.5 Å². The van der Waals surface area contributed by atoms with Gasteiger partial charge in [0.05, 0.1) is 48.7 Å². The summed E-state index contributed by atoms with van der Waals surface area (Å²) in [6.07, 6.45) is 5.19. The van der Waals surface area contributed by atoms with Crippen molar-refractivity contribution in [1.82, 2.24) is 19.7 Å². The van der Waals surface area contributed by atoms with E-state index in [1.807, 2.05) is 0 Å². The molecule has 42 heavy (non-hydrogen) atoms. The summed E-state index contributed by atoms with van der Waals surface area (Å²) in [5.41, 5.74) is 0.545. The second-order valence-corrected chi connectivity index (χ2v) is 10.1. The molecule has 0 radical (unpaired) electrons. The first-order valence-electron chi connectivity index (χ1n) is 12.8. The maximum absolute atomic E-state index is 13.8. The summed E-state index contributed by atoms with van der Waals surface area (Å²) < 4.78 is 17.7. The van der Waals surface area contributed by atoms with Gasteiger partial charge in [-0.3, -0.25) is 14.3 Å². The molecule has 1 aliphatic heterocycles. The number of ketones is 1. The van der Waals surface area contributed by atoms with Gasteiger partial charge in [0, 0.05) is 36.7 Å². The van der Waals surface area contributed by atoms with Gasteiger partial charge >= 0.3 is 0 Å². The number of anilines is 4. The summed E-state index contributed by atoms with van der Waals surface area (Å²) in [5.74, 6) is 0.837. The van der Waals surface area contributed by atoms with Crippen LogP contribution in [0.25, 0.3) is 10.8 Å². The zero-order valence-electron chi connectivity index (χ0n) is 23.0. The van der Waals surface area contributed by atoms with E-state index >= 15 is 0 Å². The number of fused-ring (bicyclic) bond motifs is 1. The van der Waals surface area contributed by atoms with E-state index in [0.717, 1.165) is 6.42 Å². The van der Waals surface area contributed by atoms with Crippen molar-refractivity contribution in [3.63, 3.8) is 0 Å². The number of hydrogen-bond acceptors (Lipinski definition) is 10. The normalized spacial score (nSPS) is 14.5. The number of benzene rings is 1. The van der Waals surface area contributed by atoms with Crippen molar-refractivity contribution in [3.05, 3.63) is 64.6 Å². The minimum absolute atomic E-state index is 0.00651. The predicted molar refractivity (Wildman–Crippen MR) is 161 cm³/mol. The smallest absolute Gasteiger partial charge is 0.247 e. The second-order valence-electron chi connectivity index (χ2n) is 9.35. The number of carbonyl (C=O) groups is 2. The number of aryl methyl sites for hydroxylation is 1. The number of aromatic nitrogens is 4. The molecular weight excluding hydrogens is 585 g/mol. The summed E-state index contributed by atoms with van der Waals surface area (Å²) in [7, 11) is 4.59. The largest absolute Gasteiger partial charge is 0.495 e. The molecule has 14 heteroatoms. The van der Waals surface area contributed by atoms with Crippen molar-refractivity contribution >= 4 is 68.8 Å². The van der Waals surface area contributed by atoms with Crippen LogP contribution < -0.4 is 25.4 Å². The molecule has 1 aliphatic rings. The summed E-state index contributed by atoms with van der Waals surface area (Å²) in [5, 5.41) is 15.0. The topological polar surface area (TPSA) is 142 Å². The van der Waals surface area contributed by atoms with Crippen molar-refractivity contribution in [3.8, 4) is 11.5 Å². The molecule has 1 aromatic carbocycles. The van der Waals surface area contributed by atoms with Crippen molar-refractivity contribution in [2.24, 2.45) is 7.05 Å². The van der Waals surface area contributed by atoms with E-state index in [1.165, 1.54) is 26.4 Å². The fourth-order valence-electron chi connectivity index (χ4n) is 4.47. The Bertz CT molecular complexity index is 1670. The minimum atomic E-state index is -0.520. The lowest BCUT2D eigenvalue weighted by Gasteiger charge is -2.17. The Kier molecular flexibility index (Phi) is 8.48. The third-order valence-corrected chi connectivity index (χ3v) is 7.29. The molecule has 1 atom stereocenters. The molecule has 0 spiro atoms. The van der Waals surface area contributed by atoms with Crippen LogP contribution in [-0.2, 0) is 16.6 Å². The third-order valence-electron chi connectivity index (χ3n) is 6.54. The summed E-state index contributed by atoms with van der Waals surface area (Å²) >= 11 is 13.1. The first kappa shape index (κ1) is 29.1. The lowest BCUT2D eigenvalue weighted by molar-refractivity contribution is -0.111. The van der Waals surface area contributed by atoms with E-state index in [9.17, 15) is 9.59 Å². The van der Waals surface area contributed by atoms with E-state index in [1.54, 1.807) is 36.3 Å². The molecule has 4 heterocycles. The first-order valence-corrected chi connectivity index (χ1v) is 13.5. The van der Waals surface area contributed by atoms with Gasteiger partial charge in [0.25, 0.3) is 0 Å². The number of carbonyl (C=O) groups excluding carboxylic acids is 2. The lowest BCUT2D eigenvalue weighted by atomic mass is 10.0. The van der Waals surface area contributed by atoms with E-state index in [-0.39, 0.29) is 44.8 Å². The van der Waals surface area contributed by atoms with Crippen LogP contribution in [0.4, 0.5) is 23.1 Å². The molecule has 0 aliphatic carbocycles. The van der Waals surface area contributed by atoms with Gasteiger partial charge < -0.3 is 30.2 Å². The van der Waals surface area contributed by atoms with Gasteiger partial charge in [-0.25, -0.2) is 9.97 Å². The number of amides is 1. The Morgan fingerprint density at radius 1 is 1.14 bits per heavy atom. The van der Waals surface area contributed by atoms with Crippen LogP contribution in [0.2, 0.25) is 10.0 Å². The summed E-state index contributed by atoms with van der Waals surface area (Å²) in [6.45, 7) is 4.58. The van der Waals surface area contributed by atoms with E-state index in [4.69, 9.17) is 42.4 Å². The molecule has 1 fully saturated rings. The monoisotopic (exact) mass is 611 g/mol. The van der Waals surface area contributed by atoms with Gasteiger partial charge in [-0.1, -0.05) is 29.8 Å². The molecule has 1 amide bonds. The number of ether oxygens (including phenoxy) is 3. The van der Waals surface area contributed by atoms with Crippen LogP contribution in [0.3, 0.4) is 0 Å². The average molecular weight is 612 g/mol. The zero-order valence-corrected chi connectivity index (χ0v) is 24.5. The standard InChI is InChI=1S/C28H27Cl2N7O5/c1-5-22(38)33-18-12-37(2)36-28(18)35-21-9-16-14(11-31-21)8-17(34-27(16)32-15-6-7-42-13-15)26(39)23-24(29)19(40-3)10-20(41-4)25(23)30/h5,8-12,15H,1,6-7,13H2,2-4H3,(H,32,34)(H,33,38)(H,31,35,36). The Balaban J connectivity index is 1.58. The first-order chi connectivity index (χ1) is 20.2. The van der Waals surface area contributed by atoms with Gasteiger partial charge in [0.15, 0.2) is 5.82 Å². The predicted octanol–water partition coefficient (Wildman–Crippen LogP) is 4.99. The van der Waals surface area contributed by atoms with Gasteiger partial charge in [-0.2, -0.15) is 5.10 Å². The highest BCUT2D eigenvalue weighted by Crippen LogP contribution is 2.41. The third kappa shape index (κ3) is 5.82. The van der Waals surface area contributed by atoms with E-state index < -0.39 is 5.78 Å². The fourth-order valence-corrected chi connectivity index (χ4v) is 5.15. The van der Waals surface area contributed by atoms with Crippen LogP contribution in [0.15, 0.2) is 43.2 Å². The average Bonchev–Trinajstić information content (AvgIpc) is 3.62. The number of hydrogen-bond donors (Lipinski definition) is 3. The Morgan fingerprint density at radius 3 is 2.52 bits per heavy atom. The summed E-state index contributed by atoms with van der Waals surface area (Å²) in [4.78, 5) is 34.9. The molecule has 12 nitrogen and oxygen atoms in total. The molecule has 0 bridgehead atoms. The number of nitrogens with one attached hydrogen (secondary N) is 3. The van der Waals surface area contributed by atoms with Gasteiger partial charge in [0.1, 0.15) is 34.5 Å². The number of pyridine rings is 2. The Hall–Kier alpha value is -4.39. The molecule has 218 valence electrons. The zero-order chi connectivity index (χ0) is 30.0. The quantitative estimate of drug-likeness (QED) is 0.166. The van der Waals surface area contributed by atoms with Crippen LogP contribution in [0.1, 0.15) is 22.5 Å². The van der Waals surface area contributed by atoms with Crippen LogP contribution >= 0.6 is 23.2 Å². The molecule has 5 rings (SSSR count). The van der Waals surface area contributed by atoms with Crippen molar-refractivity contribution in [2.75, 3.05) is 43.4 Å². The van der Waals surface area contributed by atoms with Crippen LogP contribution in [-0.4, -0.2) is 64.9 Å². The molecule has 3 N–H and O–H groups in total. The van der Waals surface area contributed by atoms with Crippen LogP contribution in [0, 0.1) is 0 Å². The fraction of sp³-hybridized carbons (Fsp3) is 0.250. The molecule has 0 saturated carbocycles. The van der Waals surface area contributed by atoms with Crippen molar-refractivity contribution < 1.29 is 23.8 Å². The van der Waals surface area contributed by atoms with Crippen molar-refractivity contribution in [2.45, 2.75) is 12.5 Å². The Morgan fingerprint density at radius 2 is 1.88 bits per heavy atom. The molecule has 1 saturated heterocycles. The number of methoxy groups -OCH3 is 2. The minimum Gasteiger partial charge on any atom is -0.495 e. The van der Waals surface area contributed by atoms with Gasteiger partial charge in [-0.15, -0.1) is 0 Å². The maximum atomic E-state index is 13.8. The highest BCUT2D eigenvalue weighted by molar-refractivity contribution is 6.42. The molecule has 3 aromatic heterocycles. The number of halogens is 2. The van der Waals surface area contributed by atoms with E-state index in [0.29, 0.717) is 47.1 Å². The SMILES string of the molecule is C=CC(=O)Nc1cn(C)nc1Nc1cc2c(NC3CCOC3)nc(C(=O)c3c(Cl)c(OC)cc(OC)c3Cl)cc2cn1.